The highest BCUT2D eigenvalue weighted by molar-refractivity contribution is 5.81. The van der Waals surface area contributed by atoms with Gasteiger partial charge in [0, 0.05) is 18.5 Å². The van der Waals surface area contributed by atoms with Crippen LogP contribution in [0.1, 0.15) is 25.8 Å². The topological polar surface area (TPSA) is 42.2 Å². The van der Waals surface area contributed by atoms with Gasteiger partial charge >= 0.3 is 0 Å². The summed E-state index contributed by atoms with van der Waals surface area (Å²) in [6.07, 6.45) is 2.21. The minimum Gasteiger partial charge on any atom is -0.356 e. The molecular formula is C18H25N3. The zero-order valence-electron chi connectivity index (χ0n) is 13.0. The second-order valence-electron chi connectivity index (χ2n) is 6.55. The van der Waals surface area contributed by atoms with Crippen molar-refractivity contribution in [2.24, 2.45) is 17.6 Å². The van der Waals surface area contributed by atoms with Crippen LogP contribution >= 0.6 is 0 Å². The highest BCUT2D eigenvalue weighted by Gasteiger charge is 2.24. The first-order chi connectivity index (χ1) is 10.2. The summed E-state index contributed by atoms with van der Waals surface area (Å²) in [7, 11) is 0. The smallest absolute Gasteiger partial charge is 0.132 e. The molecule has 0 aliphatic carbocycles. The van der Waals surface area contributed by atoms with Crippen molar-refractivity contribution in [3.63, 3.8) is 0 Å². The molecule has 2 heterocycles. The van der Waals surface area contributed by atoms with Crippen molar-refractivity contribution in [2.45, 2.75) is 26.7 Å². The molecule has 2 unspecified atom stereocenters. The standard InChI is InChI=1S/C18H25N3/c1-13-9-14(2)12-21(11-13)18-16(7-8-19)10-15-5-3-4-6-17(15)20-18/h3-6,10,13-14H,7-9,11-12,19H2,1-2H3. The van der Waals surface area contributed by atoms with E-state index in [4.69, 9.17) is 10.7 Å². The summed E-state index contributed by atoms with van der Waals surface area (Å²) in [5, 5.41) is 1.21. The molecule has 2 atom stereocenters. The van der Waals surface area contributed by atoms with E-state index in [1.165, 1.54) is 17.4 Å². The Morgan fingerprint density at radius 2 is 1.90 bits per heavy atom. The van der Waals surface area contributed by atoms with Crippen LogP contribution in [-0.2, 0) is 6.42 Å². The second-order valence-corrected chi connectivity index (χ2v) is 6.55. The van der Waals surface area contributed by atoms with Crippen molar-refractivity contribution >= 4 is 16.7 Å². The molecule has 2 N–H and O–H groups in total. The summed E-state index contributed by atoms with van der Waals surface area (Å²) < 4.78 is 0. The van der Waals surface area contributed by atoms with E-state index in [-0.39, 0.29) is 0 Å². The molecule has 1 aromatic carbocycles. The molecule has 1 saturated heterocycles. The fourth-order valence-corrected chi connectivity index (χ4v) is 3.60. The maximum atomic E-state index is 5.81. The van der Waals surface area contributed by atoms with E-state index in [2.05, 4.69) is 49.1 Å². The molecule has 1 aromatic heterocycles. The van der Waals surface area contributed by atoms with Gasteiger partial charge < -0.3 is 10.6 Å². The van der Waals surface area contributed by atoms with E-state index >= 15 is 0 Å². The number of fused-ring (bicyclic) bond motifs is 1. The van der Waals surface area contributed by atoms with Crippen molar-refractivity contribution in [3.8, 4) is 0 Å². The van der Waals surface area contributed by atoms with Gasteiger partial charge in [0.15, 0.2) is 0 Å². The lowest BCUT2D eigenvalue weighted by Crippen LogP contribution is -2.39. The maximum absolute atomic E-state index is 5.81. The molecule has 0 amide bonds. The predicted molar refractivity (Wildman–Crippen MR) is 89.7 cm³/mol. The van der Waals surface area contributed by atoms with Crippen molar-refractivity contribution in [1.82, 2.24) is 4.98 Å². The molecule has 1 aliphatic heterocycles. The minimum atomic E-state index is 0.673. The van der Waals surface area contributed by atoms with Gasteiger partial charge in [-0.1, -0.05) is 32.0 Å². The summed E-state index contributed by atoms with van der Waals surface area (Å²) in [4.78, 5) is 7.43. The van der Waals surface area contributed by atoms with Crippen LogP contribution in [-0.4, -0.2) is 24.6 Å². The van der Waals surface area contributed by atoms with Gasteiger partial charge in [-0.2, -0.15) is 0 Å². The molecule has 0 bridgehead atoms. The zero-order chi connectivity index (χ0) is 14.8. The summed E-state index contributed by atoms with van der Waals surface area (Å²) in [6.45, 7) is 7.56. The molecule has 2 aromatic rings. The van der Waals surface area contributed by atoms with E-state index in [9.17, 15) is 0 Å². The fourth-order valence-electron chi connectivity index (χ4n) is 3.60. The molecule has 3 heteroatoms. The highest BCUT2D eigenvalue weighted by Crippen LogP contribution is 2.29. The molecule has 112 valence electrons. The highest BCUT2D eigenvalue weighted by atomic mass is 15.2. The first-order valence-corrected chi connectivity index (χ1v) is 8.01. The Bertz CT molecular complexity index is 613. The number of nitrogens with zero attached hydrogens (tertiary/aromatic N) is 2. The summed E-state index contributed by atoms with van der Waals surface area (Å²) in [5.74, 6) is 2.61. The third kappa shape index (κ3) is 3.03. The fraction of sp³-hybridized carbons (Fsp3) is 0.500. The van der Waals surface area contributed by atoms with Crippen LogP contribution in [0.25, 0.3) is 10.9 Å². The number of hydrogen-bond donors (Lipinski definition) is 1. The van der Waals surface area contributed by atoms with Crippen molar-refractivity contribution in [3.05, 3.63) is 35.9 Å². The molecule has 0 radical (unpaired) electrons. The Labute approximate surface area is 127 Å². The molecule has 0 spiro atoms. The molecule has 3 nitrogen and oxygen atoms in total. The normalized spacial score (nSPS) is 22.7. The molecular weight excluding hydrogens is 258 g/mol. The van der Waals surface area contributed by atoms with E-state index < -0.39 is 0 Å². The van der Waals surface area contributed by atoms with Crippen molar-refractivity contribution < 1.29 is 0 Å². The Kier molecular flexibility index (Phi) is 4.11. The minimum absolute atomic E-state index is 0.673. The Balaban J connectivity index is 2.04. The van der Waals surface area contributed by atoms with Crippen LogP contribution in [0, 0.1) is 11.8 Å². The van der Waals surface area contributed by atoms with E-state index in [0.717, 1.165) is 42.7 Å². The maximum Gasteiger partial charge on any atom is 0.132 e. The average Bonchev–Trinajstić information content (AvgIpc) is 2.46. The summed E-state index contributed by atoms with van der Waals surface area (Å²) in [6, 6.07) is 10.6. The molecule has 3 rings (SSSR count). The number of para-hydroxylation sites is 1. The Morgan fingerprint density at radius 1 is 1.19 bits per heavy atom. The number of pyridine rings is 1. The van der Waals surface area contributed by atoms with Crippen molar-refractivity contribution in [1.29, 1.82) is 0 Å². The number of aromatic nitrogens is 1. The van der Waals surface area contributed by atoms with Gasteiger partial charge in [0.1, 0.15) is 5.82 Å². The average molecular weight is 283 g/mol. The summed E-state index contributed by atoms with van der Waals surface area (Å²) >= 11 is 0. The first kappa shape index (κ1) is 14.3. The largest absolute Gasteiger partial charge is 0.356 e. The lowest BCUT2D eigenvalue weighted by Gasteiger charge is -2.37. The van der Waals surface area contributed by atoms with E-state index in [1.54, 1.807) is 0 Å². The van der Waals surface area contributed by atoms with Gasteiger partial charge in [0.05, 0.1) is 5.52 Å². The van der Waals surface area contributed by atoms with Crippen molar-refractivity contribution in [2.75, 3.05) is 24.5 Å². The van der Waals surface area contributed by atoms with Crippen LogP contribution in [0.2, 0.25) is 0 Å². The zero-order valence-corrected chi connectivity index (χ0v) is 13.0. The quantitative estimate of drug-likeness (QED) is 0.940. The molecule has 1 aliphatic rings. The number of anilines is 1. The molecule has 21 heavy (non-hydrogen) atoms. The molecule has 1 fully saturated rings. The van der Waals surface area contributed by atoms with Gasteiger partial charge in [-0.05, 0) is 48.9 Å². The Morgan fingerprint density at radius 3 is 2.62 bits per heavy atom. The number of hydrogen-bond acceptors (Lipinski definition) is 3. The van der Waals surface area contributed by atoms with Crippen LogP contribution in [0.3, 0.4) is 0 Å². The first-order valence-electron chi connectivity index (χ1n) is 8.01. The lowest BCUT2D eigenvalue weighted by atomic mass is 9.91. The number of rotatable bonds is 3. The Hall–Kier alpha value is -1.61. The van der Waals surface area contributed by atoms with Crippen LogP contribution in [0.4, 0.5) is 5.82 Å². The predicted octanol–water partition coefficient (Wildman–Crippen LogP) is 3.22. The van der Waals surface area contributed by atoms with Gasteiger partial charge in [0.2, 0.25) is 0 Å². The lowest BCUT2D eigenvalue weighted by molar-refractivity contribution is 0.355. The number of nitrogens with two attached hydrogens (primary N) is 1. The van der Waals surface area contributed by atoms with Gasteiger partial charge in [-0.25, -0.2) is 4.98 Å². The number of piperidine rings is 1. The van der Waals surface area contributed by atoms with Gasteiger partial charge in [-0.15, -0.1) is 0 Å². The third-order valence-corrected chi connectivity index (χ3v) is 4.36. The van der Waals surface area contributed by atoms with Gasteiger partial charge in [-0.3, -0.25) is 0 Å². The third-order valence-electron chi connectivity index (χ3n) is 4.36. The van der Waals surface area contributed by atoms with Crippen LogP contribution in [0.5, 0.6) is 0 Å². The van der Waals surface area contributed by atoms with Crippen LogP contribution < -0.4 is 10.6 Å². The SMILES string of the molecule is CC1CC(C)CN(c2nc3ccccc3cc2CCN)C1. The monoisotopic (exact) mass is 283 g/mol. The van der Waals surface area contributed by atoms with E-state index in [0.29, 0.717) is 6.54 Å². The van der Waals surface area contributed by atoms with Gasteiger partial charge in [0.25, 0.3) is 0 Å². The molecule has 0 saturated carbocycles. The second kappa shape index (κ2) is 6.02. The summed E-state index contributed by atoms with van der Waals surface area (Å²) in [5.41, 5.74) is 8.18. The van der Waals surface area contributed by atoms with Crippen LogP contribution in [0.15, 0.2) is 30.3 Å². The van der Waals surface area contributed by atoms with E-state index in [1.807, 2.05) is 0 Å². The number of benzene rings is 1.